The van der Waals surface area contributed by atoms with Crippen LogP contribution in [0.15, 0.2) is 47.1 Å². The number of carbonyl (C=O) groups excluding carboxylic acids is 2. The molecule has 2 heterocycles. The predicted octanol–water partition coefficient (Wildman–Crippen LogP) is 1.34. The number of aliphatic hydroxyl groups excluding tert-OH is 1. The van der Waals surface area contributed by atoms with Gasteiger partial charge in [-0.25, -0.2) is 4.79 Å². The normalized spacial score (nSPS) is 20.1. The van der Waals surface area contributed by atoms with Crippen molar-refractivity contribution < 1.29 is 23.8 Å². The van der Waals surface area contributed by atoms with Crippen LogP contribution in [0.3, 0.4) is 0 Å². The molecule has 1 amide bonds. The van der Waals surface area contributed by atoms with Crippen molar-refractivity contribution in [3.63, 3.8) is 0 Å². The lowest BCUT2D eigenvalue weighted by atomic mass is 9.83. The molecule has 6 heteroatoms. The van der Waals surface area contributed by atoms with Gasteiger partial charge in [-0.05, 0) is 23.8 Å². The molecular formula is C16H15NO5. The number of hydrogen-bond donors (Lipinski definition) is 1. The van der Waals surface area contributed by atoms with Crippen LogP contribution in [0.2, 0.25) is 0 Å². The van der Waals surface area contributed by atoms with Crippen molar-refractivity contribution in [2.45, 2.75) is 5.41 Å². The lowest BCUT2D eigenvalue weighted by Crippen LogP contribution is -2.45. The van der Waals surface area contributed by atoms with E-state index >= 15 is 0 Å². The SMILES string of the molecule is CN1C(=O)C(CO)(COC(=O)c2ccco2)c2ccccc21. The van der Waals surface area contributed by atoms with E-state index in [4.69, 9.17) is 9.15 Å². The van der Waals surface area contributed by atoms with Crippen molar-refractivity contribution in [2.24, 2.45) is 0 Å². The number of fused-ring (bicyclic) bond motifs is 1. The van der Waals surface area contributed by atoms with E-state index in [0.29, 0.717) is 11.3 Å². The number of anilines is 1. The second-order valence-electron chi connectivity index (χ2n) is 5.17. The predicted molar refractivity (Wildman–Crippen MR) is 77.6 cm³/mol. The molecule has 0 radical (unpaired) electrons. The van der Waals surface area contributed by atoms with Crippen LogP contribution >= 0.6 is 0 Å². The topological polar surface area (TPSA) is 80.0 Å². The Balaban J connectivity index is 1.89. The van der Waals surface area contributed by atoms with Crippen molar-refractivity contribution in [1.29, 1.82) is 0 Å². The molecule has 1 aromatic carbocycles. The van der Waals surface area contributed by atoms with Gasteiger partial charge in [0, 0.05) is 12.7 Å². The van der Waals surface area contributed by atoms with Crippen LogP contribution in [0.1, 0.15) is 16.1 Å². The third-order valence-corrected chi connectivity index (χ3v) is 3.94. The number of likely N-dealkylation sites (N-methyl/N-ethyl adjacent to an activating group) is 1. The van der Waals surface area contributed by atoms with Crippen LogP contribution in [-0.4, -0.2) is 37.2 Å². The molecule has 1 aromatic heterocycles. The quantitative estimate of drug-likeness (QED) is 0.862. The second kappa shape index (κ2) is 5.31. The summed E-state index contributed by atoms with van der Waals surface area (Å²) in [6, 6.07) is 10.2. The maximum absolute atomic E-state index is 12.6. The summed E-state index contributed by atoms with van der Waals surface area (Å²) >= 11 is 0. The molecular weight excluding hydrogens is 286 g/mol. The maximum Gasteiger partial charge on any atom is 0.374 e. The minimum Gasteiger partial charge on any atom is -0.458 e. The van der Waals surface area contributed by atoms with Gasteiger partial charge in [0.15, 0.2) is 0 Å². The average Bonchev–Trinajstić information content (AvgIpc) is 3.15. The number of ether oxygens (including phenoxy) is 1. The first-order valence-electron chi connectivity index (χ1n) is 6.79. The van der Waals surface area contributed by atoms with Crippen LogP contribution < -0.4 is 4.90 Å². The van der Waals surface area contributed by atoms with Crippen molar-refractivity contribution in [2.75, 3.05) is 25.2 Å². The first kappa shape index (κ1) is 14.3. The zero-order valence-corrected chi connectivity index (χ0v) is 12.0. The Labute approximate surface area is 126 Å². The Morgan fingerprint density at radius 1 is 1.32 bits per heavy atom. The fraction of sp³-hybridized carbons (Fsp3) is 0.250. The lowest BCUT2D eigenvalue weighted by molar-refractivity contribution is -0.126. The molecule has 22 heavy (non-hydrogen) atoms. The van der Waals surface area contributed by atoms with Gasteiger partial charge in [-0.3, -0.25) is 4.79 Å². The van der Waals surface area contributed by atoms with Gasteiger partial charge in [0.1, 0.15) is 12.0 Å². The highest BCUT2D eigenvalue weighted by atomic mass is 16.5. The van der Waals surface area contributed by atoms with Gasteiger partial charge in [-0.2, -0.15) is 0 Å². The summed E-state index contributed by atoms with van der Waals surface area (Å²) in [6.07, 6.45) is 1.36. The molecule has 0 spiro atoms. The van der Waals surface area contributed by atoms with E-state index in [0.717, 1.165) is 0 Å². The Hall–Kier alpha value is -2.60. The standard InChI is InChI=1S/C16H15NO5/c1-17-12-6-3-2-5-11(12)16(9-18,15(17)20)10-22-14(19)13-7-4-8-21-13/h2-8,18H,9-10H2,1H3. The Bertz CT molecular complexity index is 709. The van der Waals surface area contributed by atoms with Gasteiger partial charge in [-0.15, -0.1) is 0 Å². The smallest absolute Gasteiger partial charge is 0.374 e. The van der Waals surface area contributed by atoms with Crippen molar-refractivity contribution in [1.82, 2.24) is 0 Å². The molecule has 1 N–H and O–H groups in total. The van der Waals surface area contributed by atoms with E-state index in [9.17, 15) is 14.7 Å². The number of amides is 1. The number of rotatable bonds is 4. The average molecular weight is 301 g/mol. The number of hydrogen-bond acceptors (Lipinski definition) is 5. The van der Waals surface area contributed by atoms with Gasteiger partial charge < -0.3 is 19.2 Å². The largest absolute Gasteiger partial charge is 0.458 e. The number of carbonyl (C=O) groups is 2. The fourth-order valence-corrected chi connectivity index (χ4v) is 2.71. The third-order valence-electron chi connectivity index (χ3n) is 3.94. The van der Waals surface area contributed by atoms with Crippen LogP contribution in [0.5, 0.6) is 0 Å². The Morgan fingerprint density at radius 3 is 2.77 bits per heavy atom. The van der Waals surface area contributed by atoms with Gasteiger partial charge in [0.2, 0.25) is 11.7 Å². The molecule has 1 aliphatic heterocycles. The highest BCUT2D eigenvalue weighted by Crippen LogP contribution is 2.41. The number of aliphatic hydroxyl groups is 1. The molecule has 1 atom stereocenters. The van der Waals surface area contributed by atoms with E-state index in [1.807, 2.05) is 6.07 Å². The molecule has 114 valence electrons. The molecule has 0 fully saturated rings. The molecule has 2 aromatic rings. The summed E-state index contributed by atoms with van der Waals surface area (Å²) in [4.78, 5) is 25.9. The molecule has 1 unspecified atom stereocenters. The zero-order chi connectivity index (χ0) is 15.7. The number of furan rings is 1. The number of nitrogens with zero attached hydrogens (tertiary/aromatic N) is 1. The fourth-order valence-electron chi connectivity index (χ4n) is 2.71. The maximum atomic E-state index is 12.6. The number of esters is 1. The van der Waals surface area contributed by atoms with E-state index in [-0.39, 0.29) is 18.3 Å². The lowest BCUT2D eigenvalue weighted by Gasteiger charge is -2.25. The molecule has 0 saturated heterocycles. The summed E-state index contributed by atoms with van der Waals surface area (Å²) in [7, 11) is 1.63. The summed E-state index contributed by atoms with van der Waals surface area (Å²) in [6.45, 7) is -0.693. The van der Waals surface area contributed by atoms with Crippen LogP contribution in [0.4, 0.5) is 5.69 Å². The molecule has 0 aliphatic carbocycles. The van der Waals surface area contributed by atoms with Gasteiger partial charge in [0.25, 0.3) is 0 Å². The third kappa shape index (κ3) is 2.00. The van der Waals surface area contributed by atoms with Gasteiger partial charge >= 0.3 is 5.97 Å². The van der Waals surface area contributed by atoms with E-state index < -0.39 is 18.0 Å². The minimum absolute atomic E-state index is 0.0557. The number of para-hydroxylation sites is 1. The van der Waals surface area contributed by atoms with Gasteiger partial charge in [-0.1, -0.05) is 18.2 Å². The zero-order valence-electron chi connectivity index (χ0n) is 12.0. The molecule has 0 saturated carbocycles. The van der Waals surface area contributed by atoms with Crippen molar-refractivity contribution in [3.05, 3.63) is 54.0 Å². The first-order valence-corrected chi connectivity index (χ1v) is 6.79. The van der Waals surface area contributed by atoms with E-state index in [2.05, 4.69) is 0 Å². The van der Waals surface area contributed by atoms with Crippen molar-refractivity contribution in [3.8, 4) is 0 Å². The Morgan fingerprint density at radius 2 is 2.09 bits per heavy atom. The van der Waals surface area contributed by atoms with Crippen LogP contribution in [0, 0.1) is 0 Å². The summed E-state index contributed by atoms with van der Waals surface area (Å²) < 4.78 is 10.2. The molecule has 0 bridgehead atoms. The summed E-state index contributed by atoms with van der Waals surface area (Å²) in [5, 5.41) is 9.83. The minimum atomic E-state index is -1.27. The highest BCUT2D eigenvalue weighted by Gasteiger charge is 2.50. The first-order chi connectivity index (χ1) is 10.6. The van der Waals surface area contributed by atoms with Crippen LogP contribution in [-0.2, 0) is 14.9 Å². The monoisotopic (exact) mass is 301 g/mol. The second-order valence-corrected chi connectivity index (χ2v) is 5.17. The molecule has 6 nitrogen and oxygen atoms in total. The molecule has 1 aliphatic rings. The van der Waals surface area contributed by atoms with E-state index in [1.165, 1.54) is 17.2 Å². The summed E-state index contributed by atoms with van der Waals surface area (Å²) in [5.41, 5.74) is 0.0842. The van der Waals surface area contributed by atoms with Crippen molar-refractivity contribution >= 4 is 17.6 Å². The van der Waals surface area contributed by atoms with Gasteiger partial charge in [0.05, 0.1) is 12.9 Å². The Kier molecular flexibility index (Phi) is 3.46. The summed E-state index contributed by atoms with van der Waals surface area (Å²) in [5.74, 6) is -0.915. The highest BCUT2D eigenvalue weighted by molar-refractivity contribution is 6.08. The number of benzene rings is 1. The van der Waals surface area contributed by atoms with Crippen LogP contribution in [0.25, 0.3) is 0 Å². The molecule has 3 rings (SSSR count). The van der Waals surface area contributed by atoms with E-state index in [1.54, 1.807) is 31.3 Å².